The highest BCUT2D eigenvalue weighted by molar-refractivity contribution is 6.04. The lowest BCUT2D eigenvalue weighted by molar-refractivity contribution is -0.148. The zero-order valence-electron chi connectivity index (χ0n) is 16.6. The van der Waals surface area contributed by atoms with Crippen LogP contribution in [0.1, 0.15) is 19.4 Å². The molecule has 4 rings (SSSR count). The van der Waals surface area contributed by atoms with E-state index in [4.69, 9.17) is 9.73 Å². The second-order valence-corrected chi connectivity index (χ2v) is 8.14. The van der Waals surface area contributed by atoms with Crippen LogP contribution < -0.4 is 4.74 Å². The fraction of sp³-hybridized carbons (Fsp3) is 0.364. The number of carboxylic acid groups (broad SMARTS) is 1. The van der Waals surface area contributed by atoms with E-state index < -0.39 is 11.4 Å². The van der Waals surface area contributed by atoms with Gasteiger partial charge in [0.25, 0.3) is 0 Å². The Morgan fingerprint density at radius 1 is 1.10 bits per heavy atom. The monoisotopic (exact) mass is 395 g/mol. The molecule has 0 spiro atoms. The van der Waals surface area contributed by atoms with Crippen LogP contribution in [-0.4, -0.2) is 64.5 Å². The molecule has 29 heavy (non-hydrogen) atoms. The van der Waals surface area contributed by atoms with Crippen molar-refractivity contribution in [3.8, 4) is 17.2 Å². The second kappa shape index (κ2) is 7.40. The van der Waals surface area contributed by atoms with E-state index in [1.54, 1.807) is 32.0 Å². The summed E-state index contributed by atoms with van der Waals surface area (Å²) in [6.07, 6.45) is 0. The lowest BCUT2D eigenvalue weighted by atomic mass is 9.93. The molecule has 2 aliphatic rings. The summed E-state index contributed by atoms with van der Waals surface area (Å²) < 4.78 is 6.06. The van der Waals surface area contributed by atoms with Gasteiger partial charge in [-0.15, -0.1) is 0 Å². The van der Waals surface area contributed by atoms with Crippen molar-refractivity contribution in [2.24, 2.45) is 10.4 Å². The van der Waals surface area contributed by atoms with Crippen LogP contribution in [0.3, 0.4) is 0 Å². The van der Waals surface area contributed by atoms with E-state index in [-0.39, 0.29) is 5.75 Å². The van der Waals surface area contributed by atoms with Gasteiger partial charge in [0.2, 0.25) is 0 Å². The average Bonchev–Trinajstić information content (AvgIpc) is 2.85. The molecule has 1 saturated heterocycles. The number of piperazine rings is 1. The topological polar surface area (TPSA) is 85.6 Å². The van der Waals surface area contributed by atoms with Crippen LogP contribution in [0.15, 0.2) is 47.5 Å². The number of hydrogen-bond donors (Lipinski definition) is 2. The molecule has 0 unspecified atom stereocenters. The molecule has 152 valence electrons. The summed E-state index contributed by atoms with van der Waals surface area (Å²) in [4.78, 5) is 20.7. The van der Waals surface area contributed by atoms with Gasteiger partial charge in [-0.05, 0) is 44.2 Å². The first kappa shape index (κ1) is 19.3. The van der Waals surface area contributed by atoms with E-state index in [1.807, 2.05) is 24.3 Å². The Bertz CT molecular complexity index is 962. The Morgan fingerprint density at radius 3 is 2.55 bits per heavy atom. The molecule has 0 bridgehead atoms. The lowest BCUT2D eigenvalue weighted by Gasteiger charge is -2.38. The van der Waals surface area contributed by atoms with Gasteiger partial charge >= 0.3 is 5.97 Å². The van der Waals surface area contributed by atoms with Gasteiger partial charge in [-0.2, -0.15) is 0 Å². The Morgan fingerprint density at radius 2 is 1.83 bits per heavy atom. The molecule has 0 radical (unpaired) electrons. The molecule has 0 aromatic heterocycles. The third-order valence-corrected chi connectivity index (χ3v) is 5.39. The minimum absolute atomic E-state index is 0.160. The largest absolute Gasteiger partial charge is 0.508 e. The molecule has 7 nitrogen and oxygen atoms in total. The van der Waals surface area contributed by atoms with Crippen molar-refractivity contribution in [2.45, 2.75) is 13.8 Å². The highest BCUT2D eigenvalue weighted by atomic mass is 16.5. The standard InChI is InChI=1S/C22H25N3O4/c1-22(2,21(27)28)14-24-9-11-25(12-10-24)20-16-13-15(26)7-8-18(16)29-19-6-4-3-5-17(19)23-20/h3-8,13,26H,9-12,14H2,1-2H3,(H,27,28). The fourth-order valence-electron chi connectivity index (χ4n) is 3.70. The molecule has 2 aliphatic heterocycles. The number of amidine groups is 1. The highest BCUT2D eigenvalue weighted by Crippen LogP contribution is 2.39. The maximum atomic E-state index is 11.4. The summed E-state index contributed by atoms with van der Waals surface area (Å²) in [6, 6.07) is 12.7. The van der Waals surface area contributed by atoms with E-state index in [9.17, 15) is 15.0 Å². The van der Waals surface area contributed by atoms with Crippen molar-refractivity contribution < 1.29 is 19.7 Å². The van der Waals surface area contributed by atoms with Gasteiger partial charge in [0.05, 0.1) is 11.0 Å². The number of carboxylic acids is 1. The molecule has 2 aromatic rings. The number of aliphatic imine (C=N–C) groups is 1. The molecule has 1 fully saturated rings. The molecule has 0 saturated carbocycles. The summed E-state index contributed by atoms with van der Waals surface area (Å²) in [5.74, 6) is 1.47. The number of nitrogens with zero attached hydrogens (tertiary/aromatic N) is 3. The third kappa shape index (κ3) is 3.91. The number of benzene rings is 2. The van der Waals surface area contributed by atoms with Crippen LogP contribution in [0.5, 0.6) is 17.2 Å². The molecular weight excluding hydrogens is 370 g/mol. The molecule has 2 heterocycles. The predicted molar refractivity (Wildman–Crippen MR) is 110 cm³/mol. The van der Waals surface area contributed by atoms with Gasteiger partial charge in [0.1, 0.15) is 23.0 Å². The molecular formula is C22H25N3O4. The van der Waals surface area contributed by atoms with E-state index in [2.05, 4.69) is 9.80 Å². The smallest absolute Gasteiger partial charge is 0.310 e. The quantitative estimate of drug-likeness (QED) is 0.829. The lowest BCUT2D eigenvalue weighted by Crippen LogP contribution is -2.52. The van der Waals surface area contributed by atoms with Crippen molar-refractivity contribution in [1.29, 1.82) is 0 Å². The Balaban J connectivity index is 1.60. The molecule has 0 amide bonds. The van der Waals surface area contributed by atoms with Crippen LogP contribution in [0.25, 0.3) is 0 Å². The minimum atomic E-state index is -0.786. The molecule has 7 heteroatoms. The summed E-state index contributed by atoms with van der Waals surface area (Å²) >= 11 is 0. The van der Waals surface area contributed by atoms with Crippen molar-refractivity contribution in [3.05, 3.63) is 48.0 Å². The predicted octanol–water partition coefficient (Wildman–Crippen LogP) is 3.30. The number of aliphatic carboxylic acids is 1. The number of hydrogen-bond acceptors (Lipinski definition) is 6. The normalized spacial score (nSPS) is 16.9. The number of phenols is 1. The maximum Gasteiger partial charge on any atom is 0.310 e. The number of carbonyl (C=O) groups is 1. The fourth-order valence-corrected chi connectivity index (χ4v) is 3.70. The average molecular weight is 395 g/mol. The number of phenolic OH excluding ortho intramolecular Hbond substituents is 1. The zero-order valence-corrected chi connectivity index (χ0v) is 16.6. The second-order valence-electron chi connectivity index (χ2n) is 8.14. The van der Waals surface area contributed by atoms with Crippen LogP contribution in [0.4, 0.5) is 5.69 Å². The summed E-state index contributed by atoms with van der Waals surface area (Å²) in [7, 11) is 0. The Labute approximate surface area is 169 Å². The van der Waals surface area contributed by atoms with Gasteiger partial charge in [-0.1, -0.05) is 12.1 Å². The van der Waals surface area contributed by atoms with E-state index in [1.165, 1.54) is 0 Å². The molecule has 2 N–H and O–H groups in total. The molecule has 2 aromatic carbocycles. The first-order valence-corrected chi connectivity index (χ1v) is 9.73. The minimum Gasteiger partial charge on any atom is -0.508 e. The van der Waals surface area contributed by atoms with Gasteiger partial charge in [0.15, 0.2) is 5.75 Å². The van der Waals surface area contributed by atoms with Crippen molar-refractivity contribution in [2.75, 3.05) is 32.7 Å². The summed E-state index contributed by atoms with van der Waals surface area (Å²) in [5.41, 5.74) is 0.709. The van der Waals surface area contributed by atoms with Crippen molar-refractivity contribution in [1.82, 2.24) is 9.80 Å². The SMILES string of the molecule is CC(C)(CN1CCN(C2=Nc3ccccc3Oc3ccc(O)cc32)CC1)C(=O)O. The summed E-state index contributed by atoms with van der Waals surface area (Å²) in [5, 5.41) is 19.4. The van der Waals surface area contributed by atoms with Crippen molar-refractivity contribution >= 4 is 17.5 Å². The maximum absolute atomic E-state index is 11.4. The number of aromatic hydroxyl groups is 1. The highest BCUT2D eigenvalue weighted by Gasteiger charge is 2.32. The van der Waals surface area contributed by atoms with Crippen molar-refractivity contribution in [3.63, 3.8) is 0 Å². The zero-order chi connectivity index (χ0) is 20.6. The van der Waals surface area contributed by atoms with E-state index >= 15 is 0 Å². The van der Waals surface area contributed by atoms with Crippen LogP contribution in [0.2, 0.25) is 0 Å². The number of ether oxygens (including phenoxy) is 1. The Hall–Kier alpha value is -3.06. The first-order chi connectivity index (χ1) is 13.8. The van der Waals surface area contributed by atoms with Crippen LogP contribution in [-0.2, 0) is 4.79 Å². The van der Waals surface area contributed by atoms with Crippen LogP contribution >= 0.6 is 0 Å². The van der Waals surface area contributed by atoms with Gasteiger partial charge in [-0.3, -0.25) is 9.69 Å². The molecule has 0 atom stereocenters. The number of para-hydroxylation sites is 2. The van der Waals surface area contributed by atoms with Gasteiger partial charge < -0.3 is 19.8 Å². The third-order valence-electron chi connectivity index (χ3n) is 5.39. The number of rotatable bonds is 3. The van der Waals surface area contributed by atoms with Crippen LogP contribution in [0, 0.1) is 5.41 Å². The van der Waals surface area contributed by atoms with Gasteiger partial charge in [-0.25, -0.2) is 4.99 Å². The summed E-state index contributed by atoms with van der Waals surface area (Å²) in [6.45, 7) is 6.93. The van der Waals surface area contributed by atoms with E-state index in [0.29, 0.717) is 31.1 Å². The molecule has 0 aliphatic carbocycles. The first-order valence-electron chi connectivity index (χ1n) is 9.73. The van der Waals surface area contributed by atoms with Gasteiger partial charge in [0, 0.05) is 32.7 Å². The number of fused-ring (bicyclic) bond motifs is 2. The Kier molecular flexibility index (Phi) is 4.92. The van der Waals surface area contributed by atoms with E-state index in [0.717, 1.165) is 30.2 Å².